The number of carboxylic acid groups (broad SMARTS) is 2. The van der Waals surface area contributed by atoms with Crippen LogP contribution < -0.4 is 33.2 Å². The maximum Gasteiger partial charge on any atom is 0.326 e. The van der Waals surface area contributed by atoms with Crippen LogP contribution in [-0.2, 0) is 30.4 Å². The Labute approximate surface area is 235 Å². The van der Waals surface area contributed by atoms with Gasteiger partial charge in [0.05, 0.1) is 12.5 Å². The number of guanidine groups is 1. The number of phenols is 1. The van der Waals surface area contributed by atoms with E-state index in [0.717, 1.165) is 0 Å². The van der Waals surface area contributed by atoms with Crippen LogP contribution in [0, 0.1) is 0 Å². The van der Waals surface area contributed by atoms with E-state index in [1.807, 2.05) is 6.26 Å². The van der Waals surface area contributed by atoms with Crippen LogP contribution in [-0.4, -0.2) is 93.7 Å². The molecule has 1 aromatic carbocycles. The number of phenolic OH excluding ortho intramolecular Hbond substituents is 1. The first-order chi connectivity index (χ1) is 18.8. The summed E-state index contributed by atoms with van der Waals surface area (Å²) in [4.78, 5) is 65.4. The molecule has 3 amide bonds. The summed E-state index contributed by atoms with van der Waals surface area (Å²) in [6.45, 7) is 0.160. The fourth-order valence-electron chi connectivity index (χ4n) is 3.42. The highest BCUT2D eigenvalue weighted by Crippen LogP contribution is 2.12. The Bertz CT molecular complexity index is 1050. The molecule has 222 valence electrons. The van der Waals surface area contributed by atoms with Crippen LogP contribution in [0.2, 0.25) is 0 Å². The molecular formula is C24H37N7O8S. The van der Waals surface area contributed by atoms with E-state index in [1.54, 1.807) is 0 Å². The number of hydrogen-bond acceptors (Lipinski definition) is 9. The minimum absolute atomic E-state index is 0.0393. The minimum atomic E-state index is -1.76. The van der Waals surface area contributed by atoms with E-state index in [0.29, 0.717) is 17.7 Å². The van der Waals surface area contributed by atoms with Crippen molar-refractivity contribution >= 4 is 47.4 Å². The number of rotatable bonds is 18. The monoisotopic (exact) mass is 583 g/mol. The minimum Gasteiger partial charge on any atom is -0.508 e. The van der Waals surface area contributed by atoms with Gasteiger partial charge in [-0.3, -0.25) is 24.2 Å². The summed E-state index contributed by atoms with van der Waals surface area (Å²) < 4.78 is 0. The van der Waals surface area contributed by atoms with Gasteiger partial charge < -0.3 is 48.5 Å². The van der Waals surface area contributed by atoms with Crippen LogP contribution in [0.1, 0.15) is 31.2 Å². The summed E-state index contributed by atoms with van der Waals surface area (Å²) in [6.07, 6.45) is 1.55. The third-order valence-electron chi connectivity index (χ3n) is 5.55. The van der Waals surface area contributed by atoms with E-state index in [-0.39, 0.29) is 37.5 Å². The number of aliphatic carboxylic acids is 2. The van der Waals surface area contributed by atoms with Crippen LogP contribution >= 0.6 is 11.8 Å². The molecule has 16 heteroatoms. The highest BCUT2D eigenvalue weighted by atomic mass is 32.2. The van der Waals surface area contributed by atoms with Gasteiger partial charge in [-0.2, -0.15) is 11.8 Å². The topological polar surface area (TPSA) is 273 Å². The number of hydrogen-bond donors (Lipinski definition) is 9. The fraction of sp³-hybridized carbons (Fsp3) is 0.500. The van der Waals surface area contributed by atoms with E-state index < -0.39 is 60.2 Å². The number of aromatic hydroxyl groups is 1. The molecule has 0 saturated carbocycles. The number of aliphatic imine (C=N–C) groups is 1. The van der Waals surface area contributed by atoms with E-state index >= 15 is 0 Å². The predicted molar refractivity (Wildman–Crippen MR) is 148 cm³/mol. The van der Waals surface area contributed by atoms with Gasteiger partial charge in [0.25, 0.3) is 0 Å². The van der Waals surface area contributed by atoms with E-state index in [1.165, 1.54) is 36.0 Å². The van der Waals surface area contributed by atoms with Crippen LogP contribution in [0.4, 0.5) is 0 Å². The van der Waals surface area contributed by atoms with E-state index in [2.05, 4.69) is 20.9 Å². The Morgan fingerprint density at radius 1 is 0.900 bits per heavy atom. The molecule has 0 aliphatic carbocycles. The summed E-state index contributed by atoms with van der Waals surface area (Å²) in [5.74, 6) is -4.90. The molecule has 15 nitrogen and oxygen atoms in total. The second-order valence-electron chi connectivity index (χ2n) is 8.83. The third-order valence-corrected chi connectivity index (χ3v) is 6.19. The van der Waals surface area contributed by atoms with Gasteiger partial charge in [-0.15, -0.1) is 0 Å². The lowest BCUT2D eigenvalue weighted by atomic mass is 10.0. The second kappa shape index (κ2) is 17.5. The van der Waals surface area contributed by atoms with Crippen molar-refractivity contribution in [3.05, 3.63) is 29.8 Å². The molecule has 0 heterocycles. The van der Waals surface area contributed by atoms with Gasteiger partial charge in [-0.25, -0.2) is 4.79 Å². The number of thioether (sulfide) groups is 1. The number of nitrogens with zero attached hydrogens (tertiary/aromatic N) is 1. The normalized spacial score (nSPS) is 13.7. The van der Waals surface area contributed by atoms with E-state index in [4.69, 9.17) is 22.3 Å². The molecule has 0 aliphatic rings. The Morgan fingerprint density at radius 3 is 2.02 bits per heavy atom. The van der Waals surface area contributed by atoms with Gasteiger partial charge in [-0.05, 0) is 49.0 Å². The van der Waals surface area contributed by atoms with Crippen LogP contribution in [0.3, 0.4) is 0 Å². The molecular weight excluding hydrogens is 546 g/mol. The molecule has 4 atom stereocenters. The quantitative estimate of drug-likeness (QED) is 0.0520. The lowest BCUT2D eigenvalue weighted by molar-refractivity contribution is -0.147. The molecule has 12 N–H and O–H groups in total. The zero-order chi connectivity index (χ0) is 30.2. The summed E-state index contributed by atoms with van der Waals surface area (Å²) in [5.41, 5.74) is 17.1. The number of carbonyl (C=O) groups excluding carboxylic acids is 3. The van der Waals surface area contributed by atoms with Crippen molar-refractivity contribution < 1.29 is 39.3 Å². The zero-order valence-electron chi connectivity index (χ0n) is 22.0. The molecule has 0 radical (unpaired) electrons. The van der Waals surface area contributed by atoms with Gasteiger partial charge in [0.2, 0.25) is 17.7 Å². The summed E-state index contributed by atoms with van der Waals surface area (Å²) in [7, 11) is 0. The van der Waals surface area contributed by atoms with Gasteiger partial charge in [-0.1, -0.05) is 12.1 Å². The maximum atomic E-state index is 13.3. The van der Waals surface area contributed by atoms with Crippen molar-refractivity contribution in [2.24, 2.45) is 22.2 Å². The van der Waals surface area contributed by atoms with Crippen molar-refractivity contribution in [2.75, 3.05) is 18.6 Å². The first-order valence-corrected chi connectivity index (χ1v) is 13.7. The van der Waals surface area contributed by atoms with Gasteiger partial charge in [0, 0.05) is 13.0 Å². The molecule has 1 rings (SSSR count). The first kappa shape index (κ1) is 34.0. The molecule has 0 fully saturated rings. The number of carboxylic acids is 2. The van der Waals surface area contributed by atoms with Gasteiger partial charge in [0.1, 0.15) is 23.9 Å². The number of carbonyl (C=O) groups is 5. The molecule has 4 unspecified atom stereocenters. The summed E-state index contributed by atoms with van der Waals surface area (Å²) in [6, 6.07) is 0.553. The molecule has 0 aromatic heterocycles. The van der Waals surface area contributed by atoms with E-state index in [9.17, 15) is 34.2 Å². The second-order valence-corrected chi connectivity index (χ2v) is 9.81. The molecule has 0 saturated heterocycles. The average Bonchev–Trinajstić information content (AvgIpc) is 2.88. The van der Waals surface area contributed by atoms with Crippen molar-refractivity contribution in [1.29, 1.82) is 0 Å². The van der Waals surface area contributed by atoms with Crippen molar-refractivity contribution in [1.82, 2.24) is 16.0 Å². The van der Waals surface area contributed by atoms with Crippen LogP contribution in [0.15, 0.2) is 29.3 Å². The third kappa shape index (κ3) is 13.1. The van der Waals surface area contributed by atoms with Crippen molar-refractivity contribution in [3.8, 4) is 5.75 Å². The summed E-state index contributed by atoms with van der Waals surface area (Å²) in [5, 5.41) is 35.1. The Hall–Kier alpha value is -4.05. The molecule has 0 aliphatic heterocycles. The Kier molecular flexibility index (Phi) is 14.9. The maximum absolute atomic E-state index is 13.3. The molecule has 0 bridgehead atoms. The standard InChI is InChI=1S/C24H37N7O8S/c1-40-10-8-15(25)20(35)29-16(3-2-9-28-24(26)27)21(36)30-17(11-13-4-6-14(32)7-5-13)22(37)31-18(23(38)39)12-19(33)34/h4-7,15-18,32H,2-3,8-12,25H2,1H3,(H,29,35)(H,30,36)(H,31,37)(H,33,34)(H,38,39)(H4,26,27,28). The number of nitrogens with one attached hydrogen (secondary N) is 3. The number of amides is 3. The average molecular weight is 584 g/mol. The number of benzene rings is 1. The first-order valence-electron chi connectivity index (χ1n) is 12.3. The highest BCUT2D eigenvalue weighted by molar-refractivity contribution is 7.98. The molecule has 1 aromatic rings. The van der Waals surface area contributed by atoms with Gasteiger partial charge in [0.15, 0.2) is 5.96 Å². The SMILES string of the molecule is CSCCC(N)C(=O)NC(CCCN=C(N)N)C(=O)NC(Cc1ccc(O)cc1)C(=O)NC(CC(=O)O)C(=O)O. The lowest BCUT2D eigenvalue weighted by Gasteiger charge is -2.25. The predicted octanol–water partition coefficient (Wildman–Crippen LogP) is -1.92. The smallest absolute Gasteiger partial charge is 0.326 e. The Morgan fingerprint density at radius 2 is 1.48 bits per heavy atom. The van der Waals surface area contributed by atoms with Crippen molar-refractivity contribution in [2.45, 2.75) is 56.3 Å². The number of nitrogens with two attached hydrogens (primary N) is 3. The van der Waals surface area contributed by atoms with Crippen molar-refractivity contribution in [3.63, 3.8) is 0 Å². The summed E-state index contributed by atoms with van der Waals surface area (Å²) >= 11 is 1.50. The molecule has 0 spiro atoms. The Balaban J connectivity index is 3.18. The van der Waals surface area contributed by atoms with Crippen LogP contribution in [0.5, 0.6) is 5.75 Å². The molecule has 40 heavy (non-hydrogen) atoms. The largest absolute Gasteiger partial charge is 0.508 e. The lowest BCUT2D eigenvalue weighted by Crippen LogP contribution is -2.57. The fourth-order valence-corrected chi connectivity index (χ4v) is 3.91. The van der Waals surface area contributed by atoms with Crippen LogP contribution in [0.25, 0.3) is 0 Å². The zero-order valence-corrected chi connectivity index (χ0v) is 22.9. The highest BCUT2D eigenvalue weighted by Gasteiger charge is 2.31. The van der Waals surface area contributed by atoms with Gasteiger partial charge >= 0.3 is 11.9 Å².